The van der Waals surface area contributed by atoms with Crippen LogP contribution in [0.2, 0.25) is 0 Å². The SMILES string of the molecule is COc1ccccc1Nc1nc(C)cc(C(=O)Nc2cccc(NC(C)=O)c2)n1. The monoisotopic (exact) mass is 391 g/mol. The van der Waals surface area contributed by atoms with E-state index < -0.39 is 5.91 Å². The van der Waals surface area contributed by atoms with Crippen LogP contribution in [0, 0.1) is 6.92 Å². The lowest BCUT2D eigenvalue weighted by molar-refractivity contribution is -0.114. The van der Waals surface area contributed by atoms with Crippen LogP contribution in [0.4, 0.5) is 23.0 Å². The first-order valence-corrected chi connectivity index (χ1v) is 8.89. The highest BCUT2D eigenvalue weighted by molar-refractivity contribution is 6.03. The van der Waals surface area contributed by atoms with Crippen molar-refractivity contribution in [1.82, 2.24) is 9.97 Å². The van der Waals surface area contributed by atoms with Gasteiger partial charge in [0.05, 0.1) is 12.8 Å². The van der Waals surface area contributed by atoms with Crippen molar-refractivity contribution in [3.8, 4) is 5.75 Å². The molecule has 0 saturated carbocycles. The number of carbonyl (C=O) groups excluding carboxylic acids is 2. The summed E-state index contributed by atoms with van der Waals surface area (Å²) in [4.78, 5) is 32.5. The number of rotatable bonds is 6. The normalized spacial score (nSPS) is 10.2. The van der Waals surface area contributed by atoms with Crippen molar-refractivity contribution in [2.75, 3.05) is 23.1 Å². The zero-order chi connectivity index (χ0) is 20.8. The van der Waals surface area contributed by atoms with Gasteiger partial charge in [0.25, 0.3) is 5.91 Å². The van der Waals surface area contributed by atoms with Gasteiger partial charge in [-0.1, -0.05) is 18.2 Å². The zero-order valence-corrected chi connectivity index (χ0v) is 16.3. The van der Waals surface area contributed by atoms with Crippen LogP contribution in [0.15, 0.2) is 54.6 Å². The summed E-state index contributed by atoms with van der Waals surface area (Å²) in [5.74, 6) is 0.343. The smallest absolute Gasteiger partial charge is 0.274 e. The molecule has 8 nitrogen and oxygen atoms in total. The molecule has 2 amide bonds. The second kappa shape index (κ2) is 8.83. The van der Waals surface area contributed by atoms with E-state index in [1.54, 1.807) is 44.4 Å². The van der Waals surface area contributed by atoms with E-state index in [9.17, 15) is 9.59 Å². The van der Waals surface area contributed by atoms with Crippen molar-refractivity contribution in [3.63, 3.8) is 0 Å². The topological polar surface area (TPSA) is 105 Å². The minimum atomic E-state index is -0.390. The molecular formula is C21H21N5O3. The van der Waals surface area contributed by atoms with Gasteiger partial charge in [0, 0.05) is 24.0 Å². The Balaban J connectivity index is 1.80. The number of hydrogen-bond acceptors (Lipinski definition) is 6. The standard InChI is InChI=1S/C21H21N5O3/c1-13-11-18(20(28)24-16-8-6-7-15(12-16)23-14(2)27)26-21(22-13)25-17-9-4-5-10-19(17)29-3/h4-12H,1-3H3,(H,23,27)(H,24,28)(H,22,25,26). The number of aryl methyl sites for hydroxylation is 1. The third kappa shape index (κ3) is 5.29. The number of methoxy groups -OCH3 is 1. The molecule has 0 aliphatic carbocycles. The molecule has 0 atom stereocenters. The maximum absolute atomic E-state index is 12.7. The van der Waals surface area contributed by atoms with E-state index in [-0.39, 0.29) is 17.5 Å². The quantitative estimate of drug-likeness (QED) is 0.591. The number of nitrogens with zero attached hydrogens (tertiary/aromatic N) is 2. The predicted molar refractivity (Wildman–Crippen MR) is 112 cm³/mol. The molecule has 3 rings (SSSR count). The van der Waals surface area contributed by atoms with Crippen molar-refractivity contribution in [2.45, 2.75) is 13.8 Å². The summed E-state index contributed by atoms with van der Waals surface area (Å²) in [6.45, 7) is 3.20. The van der Waals surface area contributed by atoms with Crippen LogP contribution >= 0.6 is 0 Å². The Morgan fingerprint density at radius 1 is 0.931 bits per heavy atom. The van der Waals surface area contributed by atoms with Gasteiger partial charge in [-0.15, -0.1) is 0 Å². The van der Waals surface area contributed by atoms with Gasteiger partial charge in [-0.2, -0.15) is 0 Å². The highest BCUT2D eigenvalue weighted by Gasteiger charge is 2.13. The van der Waals surface area contributed by atoms with Gasteiger partial charge in [0.15, 0.2) is 0 Å². The van der Waals surface area contributed by atoms with Crippen LogP contribution in [0.1, 0.15) is 23.1 Å². The summed E-state index contributed by atoms with van der Waals surface area (Å²) < 4.78 is 5.32. The molecule has 0 bridgehead atoms. The number of ether oxygens (including phenoxy) is 1. The lowest BCUT2D eigenvalue weighted by atomic mass is 10.2. The summed E-state index contributed by atoms with van der Waals surface area (Å²) in [7, 11) is 1.57. The average molecular weight is 391 g/mol. The highest BCUT2D eigenvalue weighted by Crippen LogP contribution is 2.25. The fourth-order valence-electron chi connectivity index (χ4n) is 2.68. The van der Waals surface area contributed by atoms with Crippen LogP contribution in [0.25, 0.3) is 0 Å². The van der Waals surface area contributed by atoms with E-state index in [1.165, 1.54) is 6.92 Å². The Hall–Kier alpha value is -3.94. The van der Waals surface area contributed by atoms with Crippen LogP contribution in [-0.2, 0) is 4.79 Å². The van der Waals surface area contributed by atoms with Crippen molar-refractivity contribution in [2.24, 2.45) is 0 Å². The Morgan fingerprint density at radius 2 is 1.66 bits per heavy atom. The summed E-state index contributed by atoms with van der Waals surface area (Å²) in [5.41, 5.74) is 2.66. The summed E-state index contributed by atoms with van der Waals surface area (Å²) in [5, 5.41) is 8.54. The number of amides is 2. The van der Waals surface area contributed by atoms with E-state index in [4.69, 9.17) is 4.74 Å². The Kier molecular flexibility index (Phi) is 6.03. The molecule has 0 spiro atoms. The molecule has 0 saturated heterocycles. The number of nitrogens with one attached hydrogen (secondary N) is 3. The van der Waals surface area contributed by atoms with Gasteiger partial charge in [0.1, 0.15) is 11.4 Å². The highest BCUT2D eigenvalue weighted by atomic mass is 16.5. The zero-order valence-electron chi connectivity index (χ0n) is 16.3. The van der Waals surface area contributed by atoms with Crippen LogP contribution in [0.3, 0.4) is 0 Å². The fraction of sp³-hybridized carbons (Fsp3) is 0.143. The van der Waals surface area contributed by atoms with Crippen LogP contribution in [-0.4, -0.2) is 28.9 Å². The van der Waals surface area contributed by atoms with Crippen molar-refractivity contribution in [1.29, 1.82) is 0 Å². The third-order valence-corrected chi connectivity index (χ3v) is 3.88. The summed E-state index contributed by atoms with van der Waals surface area (Å²) in [6.07, 6.45) is 0. The Bertz CT molecular complexity index is 1050. The number of hydrogen-bond donors (Lipinski definition) is 3. The largest absolute Gasteiger partial charge is 0.495 e. The first-order valence-electron chi connectivity index (χ1n) is 8.89. The lowest BCUT2D eigenvalue weighted by Gasteiger charge is -2.12. The molecule has 0 aliphatic rings. The van der Waals surface area contributed by atoms with E-state index in [0.29, 0.717) is 28.5 Å². The molecule has 8 heteroatoms. The van der Waals surface area contributed by atoms with Gasteiger partial charge >= 0.3 is 0 Å². The minimum absolute atomic E-state index is 0.188. The lowest BCUT2D eigenvalue weighted by Crippen LogP contribution is -2.16. The number of para-hydroxylation sites is 2. The maximum Gasteiger partial charge on any atom is 0.274 e. The Morgan fingerprint density at radius 3 is 2.38 bits per heavy atom. The van der Waals surface area contributed by atoms with Gasteiger partial charge < -0.3 is 20.7 Å². The van der Waals surface area contributed by atoms with Crippen LogP contribution < -0.4 is 20.7 Å². The summed E-state index contributed by atoms with van der Waals surface area (Å²) >= 11 is 0. The predicted octanol–water partition coefficient (Wildman–Crippen LogP) is 3.75. The molecule has 1 heterocycles. The molecule has 0 aliphatic heterocycles. The average Bonchev–Trinajstić information content (AvgIpc) is 2.67. The van der Waals surface area contributed by atoms with Crippen LogP contribution in [0.5, 0.6) is 5.75 Å². The molecule has 0 unspecified atom stereocenters. The Labute approximate surface area is 168 Å². The molecule has 1 aromatic heterocycles. The second-order valence-electron chi connectivity index (χ2n) is 6.26. The number of aromatic nitrogens is 2. The molecular weight excluding hydrogens is 370 g/mol. The second-order valence-corrected chi connectivity index (χ2v) is 6.26. The van der Waals surface area contributed by atoms with Gasteiger partial charge in [-0.3, -0.25) is 9.59 Å². The first kappa shape index (κ1) is 19.8. The third-order valence-electron chi connectivity index (χ3n) is 3.88. The van der Waals surface area contributed by atoms with Crippen molar-refractivity contribution < 1.29 is 14.3 Å². The molecule has 2 aromatic carbocycles. The maximum atomic E-state index is 12.7. The molecule has 0 fully saturated rings. The first-order chi connectivity index (χ1) is 13.9. The molecule has 0 radical (unpaired) electrons. The van der Waals surface area contributed by atoms with E-state index in [2.05, 4.69) is 25.9 Å². The minimum Gasteiger partial charge on any atom is -0.495 e. The number of anilines is 4. The molecule has 148 valence electrons. The van der Waals surface area contributed by atoms with E-state index in [0.717, 1.165) is 0 Å². The van der Waals surface area contributed by atoms with Gasteiger partial charge in [-0.25, -0.2) is 9.97 Å². The van der Waals surface area contributed by atoms with E-state index >= 15 is 0 Å². The summed E-state index contributed by atoms with van der Waals surface area (Å²) in [6, 6.07) is 15.8. The molecule has 3 aromatic rings. The molecule has 3 N–H and O–H groups in total. The number of carbonyl (C=O) groups is 2. The van der Waals surface area contributed by atoms with Crippen molar-refractivity contribution >= 4 is 34.8 Å². The van der Waals surface area contributed by atoms with Gasteiger partial charge in [-0.05, 0) is 43.3 Å². The van der Waals surface area contributed by atoms with Gasteiger partial charge in [0.2, 0.25) is 11.9 Å². The van der Waals surface area contributed by atoms with E-state index in [1.807, 2.05) is 24.3 Å². The van der Waals surface area contributed by atoms with Crippen molar-refractivity contribution in [3.05, 3.63) is 66.0 Å². The molecule has 29 heavy (non-hydrogen) atoms. The number of benzene rings is 2. The fourth-order valence-corrected chi connectivity index (χ4v) is 2.68.